The van der Waals surface area contributed by atoms with Gasteiger partial charge in [0.2, 0.25) is 17.7 Å². The van der Waals surface area contributed by atoms with E-state index in [0.717, 1.165) is 5.56 Å². The number of likely N-dealkylation sites (N-methyl/N-ethyl adjacent to an activating group) is 1. The molecule has 0 aliphatic carbocycles. The Hall–Kier alpha value is -4.41. The van der Waals surface area contributed by atoms with Crippen molar-refractivity contribution >= 4 is 29.8 Å². The lowest BCUT2D eigenvalue weighted by Gasteiger charge is -2.35. The molecule has 0 saturated heterocycles. The number of amides is 4. The molecule has 0 bridgehead atoms. The first-order valence-electron chi connectivity index (χ1n) is 14.6. The van der Waals surface area contributed by atoms with Gasteiger partial charge in [0.1, 0.15) is 29.3 Å². The monoisotopic (exact) mass is 610 g/mol. The Morgan fingerprint density at radius 1 is 0.818 bits per heavy atom. The van der Waals surface area contributed by atoms with Gasteiger partial charge in [-0.1, -0.05) is 54.6 Å². The number of benzene rings is 2. The molecule has 3 atom stereocenters. The average Bonchev–Trinajstić information content (AvgIpc) is 2.89. The van der Waals surface area contributed by atoms with E-state index in [1.165, 1.54) is 4.90 Å². The molecule has 0 aliphatic rings. The predicted molar refractivity (Wildman–Crippen MR) is 166 cm³/mol. The van der Waals surface area contributed by atoms with Crippen LogP contribution in [0.25, 0.3) is 0 Å². The predicted octanol–water partition coefficient (Wildman–Crippen LogP) is 3.72. The number of rotatable bonds is 12. The van der Waals surface area contributed by atoms with Gasteiger partial charge in [0, 0.05) is 13.0 Å². The van der Waals surface area contributed by atoms with Gasteiger partial charge >= 0.3 is 12.1 Å². The highest BCUT2D eigenvalue weighted by molar-refractivity contribution is 5.95. The number of hydrogen-bond donors (Lipinski definition) is 3. The Kier molecular flexibility index (Phi) is 12.5. The lowest BCUT2D eigenvalue weighted by molar-refractivity contribution is -0.159. The molecule has 11 nitrogen and oxygen atoms in total. The maximum Gasteiger partial charge on any atom is 0.408 e. The fourth-order valence-corrected chi connectivity index (χ4v) is 4.53. The summed E-state index contributed by atoms with van der Waals surface area (Å²) in [6.45, 7) is 13.7. The number of primary amides is 1. The molecule has 0 fully saturated rings. The third-order valence-corrected chi connectivity index (χ3v) is 6.35. The third-order valence-electron chi connectivity index (χ3n) is 6.35. The van der Waals surface area contributed by atoms with E-state index in [1.54, 1.807) is 79.7 Å². The molecule has 0 aliphatic heterocycles. The average molecular weight is 611 g/mol. The van der Waals surface area contributed by atoms with Crippen molar-refractivity contribution in [3.05, 3.63) is 71.3 Å². The number of nitrogens with two attached hydrogens (primary N) is 1. The largest absolute Gasteiger partial charge is 0.458 e. The molecule has 3 unspecified atom stereocenters. The first-order valence-corrected chi connectivity index (χ1v) is 14.6. The standard InChI is InChI=1S/C33H46N4O7/c1-9-37(29(40)24(20-26(34)38)36-31(42)44-33(6,7)8)27(23-18-14-13-15-21(23)2)28(39)35-25(30(41)43-32(3,4)5)19-22-16-11-10-12-17-22/h10-18,24-25,27H,9,19-20H2,1-8H3,(H2,34,38)(H,35,39)(H,36,42). The van der Waals surface area contributed by atoms with Crippen molar-refractivity contribution in [2.45, 2.75) is 97.6 Å². The zero-order chi connectivity index (χ0) is 33.2. The second-order valence-electron chi connectivity index (χ2n) is 12.5. The van der Waals surface area contributed by atoms with Crippen LogP contribution in [0.4, 0.5) is 4.79 Å². The van der Waals surface area contributed by atoms with Crippen LogP contribution in [-0.2, 0) is 35.1 Å². The third kappa shape index (κ3) is 11.3. The maximum atomic E-state index is 14.2. The van der Waals surface area contributed by atoms with Crippen molar-refractivity contribution in [3.8, 4) is 0 Å². The first kappa shape index (κ1) is 35.8. The van der Waals surface area contributed by atoms with E-state index in [-0.39, 0.29) is 13.0 Å². The van der Waals surface area contributed by atoms with E-state index in [0.29, 0.717) is 11.1 Å². The van der Waals surface area contributed by atoms with Crippen LogP contribution in [0.1, 0.15) is 77.6 Å². The minimum atomic E-state index is -1.41. The zero-order valence-corrected chi connectivity index (χ0v) is 26.9. The molecular formula is C33H46N4O7. The fraction of sp³-hybridized carbons (Fsp3) is 0.485. The van der Waals surface area contributed by atoms with Gasteiger partial charge in [0.25, 0.3) is 0 Å². The van der Waals surface area contributed by atoms with E-state index in [1.807, 2.05) is 30.3 Å². The fourth-order valence-electron chi connectivity index (χ4n) is 4.53. The van der Waals surface area contributed by atoms with Crippen LogP contribution >= 0.6 is 0 Å². The molecule has 4 amide bonds. The summed E-state index contributed by atoms with van der Waals surface area (Å²) in [5.74, 6) is -2.83. The molecule has 0 aromatic heterocycles. The highest BCUT2D eigenvalue weighted by Gasteiger charge is 2.38. The van der Waals surface area contributed by atoms with Gasteiger partial charge in [-0.25, -0.2) is 9.59 Å². The SMILES string of the molecule is CCN(C(=O)C(CC(N)=O)NC(=O)OC(C)(C)C)C(C(=O)NC(Cc1ccccc1)C(=O)OC(C)(C)C)c1ccccc1C. The number of ether oxygens (including phenoxy) is 2. The molecule has 4 N–H and O–H groups in total. The minimum Gasteiger partial charge on any atom is -0.458 e. The van der Waals surface area contributed by atoms with Crippen LogP contribution in [0.5, 0.6) is 0 Å². The summed E-state index contributed by atoms with van der Waals surface area (Å²) in [5.41, 5.74) is 5.76. The Bertz CT molecular complexity index is 1320. The second-order valence-corrected chi connectivity index (χ2v) is 12.5. The van der Waals surface area contributed by atoms with Crippen LogP contribution in [0.15, 0.2) is 54.6 Å². The van der Waals surface area contributed by atoms with Gasteiger partial charge in [0.05, 0.1) is 6.42 Å². The Morgan fingerprint density at radius 2 is 1.39 bits per heavy atom. The molecule has 0 saturated carbocycles. The number of carbonyl (C=O) groups is 5. The Labute approximate surface area is 259 Å². The summed E-state index contributed by atoms with van der Waals surface area (Å²) in [5, 5.41) is 5.26. The van der Waals surface area contributed by atoms with Gasteiger partial charge in [-0.3, -0.25) is 14.4 Å². The Balaban J connectivity index is 2.55. The summed E-state index contributed by atoms with van der Waals surface area (Å²) in [4.78, 5) is 67.4. The van der Waals surface area contributed by atoms with E-state index in [2.05, 4.69) is 10.6 Å². The number of nitrogens with one attached hydrogen (secondary N) is 2. The number of aryl methyl sites for hydroxylation is 1. The molecular weight excluding hydrogens is 564 g/mol. The zero-order valence-electron chi connectivity index (χ0n) is 26.9. The summed E-state index contributed by atoms with van der Waals surface area (Å²) < 4.78 is 10.9. The first-order chi connectivity index (χ1) is 20.4. The van der Waals surface area contributed by atoms with Crippen molar-refractivity contribution in [1.82, 2.24) is 15.5 Å². The summed E-state index contributed by atoms with van der Waals surface area (Å²) >= 11 is 0. The Morgan fingerprint density at radius 3 is 1.91 bits per heavy atom. The lowest BCUT2D eigenvalue weighted by Crippen LogP contribution is -2.55. The number of nitrogens with zero attached hydrogens (tertiary/aromatic N) is 1. The van der Waals surface area contributed by atoms with E-state index in [4.69, 9.17) is 15.2 Å². The van der Waals surface area contributed by atoms with Gasteiger partial charge in [-0.2, -0.15) is 0 Å². The van der Waals surface area contributed by atoms with Crippen LogP contribution in [0.2, 0.25) is 0 Å². The molecule has 0 heterocycles. The lowest BCUT2D eigenvalue weighted by atomic mass is 9.97. The highest BCUT2D eigenvalue weighted by atomic mass is 16.6. The molecule has 2 aromatic carbocycles. The van der Waals surface area contributed by atoms with E-state index >= 15 is 0 Å². The number of carbonyl (C=O) groups excluding carboxylic acids is 5. The van der Waals surface area contributed by atoms with Gasteiger partial charge in [-0.15, -0.1) is 0 Å². The normalized spacial score (nSPS) is 13.5. The van der Waals surface area contributed by atoms with Crippen molar-refractivity contribution in [2.75, 3.05) is 6.54 Å². The van der Waals surface area contributed by atoms with Gasteiger partial charge < -0.3 is 30.7 Å². The highest BCUT2D eigenvalue weighted by Crippen LogP contribution is 2.26. The summed E-state index contributed by atoms with van der Waals surface area (Å²) in [6.07, 6.45) is -1.30. The van der Waals surface area contributed by atoms with E-state index < -0.39 is 65.5 Å². The van der Waals surface area contributed by atoms with Crippen LogP contribution in [0.3, 0.4) is 0 Å². The molecule has 44 heavy (non-hydrogen) atoms. The van der Waals surface area contributed by atoms with Gasteiger partial charge in [0.15, 0.2) is 0 Å². The summed E-state index contributed by atoms with van der Waals surface area (Å²) in [7, 11) is 0. The molecule has 11 heteroatoms. The quantitative estimate of drug-likeness (QED) is 0.309. The topological polar surface area (TPSA) is 157 Å². The molecule has 2 aromatic rings. The molecule has 0 radical (unpaired) electrons. The van der Waals surface area contributed by atoms with Crippen LogP contribution in [-0.4, -0.2) is 64.5 Å². The number of alkyl carbamates (subject to hydrolysis) is 1. The number of esters is 1. The number of hydrogen-bond acceptors (Lipinski definition) is 7. The molecule has 240 valence electrons. The molecule has 2 rings (SSSR count). The van der Waals surface area contributed by atoms with E-state index in [9.17, 15) is 24.0 Å². The summed E-state index contributed by atoms with van der Waals surface area (Å²) in [6, 6.07) is 12.5. The van der Waals surface area contributed by atoms with Crippen LogP contribution < -0.4 is 16.4 Å². The molecule has 0 spiro atoms. The second kappa shape index (κ2) is 15.4. The van der Waals surface area contributed by atoms with Gasteiger partial charge in [-0.05, 0) is 72.1 Å². The maximum absolute atomic E-state index is 14.2. The van der Waals surface area contributed by atoms with Crippen molar-refractivity contribution in [3.63, 3.8) is 0 Å². The van der Waals surface area contributed by atoms with Crippen LogP contribution in [0, 0.1) is 6.92 Å². The van der Waals surface area contributed by atoms with Crippen molar-refractivity contribution < 1.29 is 33.4 Å². The smallest absolute Gasteiger partial charge is 0.408 e. The minimum absolute atomic E-state index is 0.0201. The van der Waals surface area contributed by atoms with Crippen molar-refractivity contribution in [2.24, 2.45) is 5.73 Å². The van der Waals surface area contributed by atoms with Crippen molar-refractivity contribution in [1.29, 1.82) is 0 Å².